The quantitative estimate of drug-likeness (QED) is 0.779. The van der Waals surface area contributed by atoms with E-state index in [2.05, 4.69) is 11.8 Å². The van der Waals surface area contributed by atoms with Gasteiger partial charge in [-0.1, -0.05) is 18.5 Å². The van der Waals surface area contributed by atoms with Crippen molar-refractivity contribution in [2.45, 2.75) is 56.4 Å². The van der Waals surface area contributed by atoms with E-state index in [1.165, 1.54) is 22.9 Å². The number of hydrogen-bond acceptors (Lipinski definition) is 3. The number of carbonyl (C=O) groups is 1. The Morgan fingerprint density at radius 1 is 1.08 bits per heavy atom. The second-order valence-corrected chi connectivity index (χ2v) is 9.60. The first-order chi connectivity index (χ1) is 12.4. The second kappa shape index (κ2) is 8.28. The predicted molar refractivity (Wildman–Crippen MR) is 103 cm³/mol. The van der Waals surface area contributed by atoms with Crippen molar-refractivity contribution in [3.8, 4) is 0 Å². The van der Waals surface area contributed by atoms with Gasteiger partial charge >= 0.3 is 0 Å². The number of hydrogen-bond donors (Lipinski definition) is 0. The van der Waals surface area contributed by atoms with E-state index >= 15 is 0 Å². The molecule has 1 unspecified atom stereocenters. The largest absolute Gasteiger partial charge is 0.339 e. The third kappa shape index (κ3) is 4.07. The molecule has 26 heavy (non-hydrogen) atoms. The summed E-state index contributed by atoms with van der Waals surface area (Å²) in [6.45, 7) is 3.77. The van der Waals surface area contributed by atoms with Crippen molar-refractivity contribution in [3.63, 3.8) is 0 Å². The molecule has 0 N–H and O–H groups in total. The summed E-state index contributed by atoms with van der Waals surface area (Å²) in [4.78, 5) is 15.2. The molecular formula is C19H27ClN2O3S. The van der Waals surface area contributed by atoms with Gasteiger partial charge in [-0.15, -0.1) is 0 Å². The molecule has 144 valence electrons. The predicted octanol–water partition coefficient (Wildman–Crippen LogP) is 3.53. The SMILES string of the molecule is CCC1CCCCN1C(=O)C1CCN(S(=O)(=O)c2ccc(Cl)cc2)CC1. The highest BCUT2D eigenvalue weighted by molar-refractivity contribution is 7.89. The smallest absolute Gasteiger partial charge is 0.243 e. The van der Waals surface area contributed by atoms with Gasteiger partial charge in [0, 0.05) is 36.6 Å². The molecule has 2 aliphatic heterocycles. The van der Waals surface area contributed by atoms with Crippen molar-refractivity contribution in [2.75, 3.05) is 19.6 Å². The number of likely N-dealkylation sites (tertiary alicyclic amines) is 1. The normalized spacial score (nSPS) is 23.2. The Hall–Kier alpha value is -1.11. The van der Waals surface area contributed by atoms with Crippen molar-refractivity contribution in [2.24, 2.45) is 5.92 Å². The number of rotatable bonds is 4. The maximum atomic E-state index is 12.9. The summed E-state index contributed by atoms with van der Waals surface area (Å²) in [7, 11) is -3.52. The van der Waals surface area contributed by atoms with E-state index in [4.69, 9.17) is 11.6 Å². The highest BCUT2D eigenvalue weighted by atomic mass is 35.5. The van der Waals surface area contributed by atoms with E-state index in [-0.39, 0.29) is 16.7 Å². The van der Waals surface area contributed by atoms with E-state index < -0.39 is 10.0 Å². The average Bonchev–Trinajstić information content (AvgIpc) is 2.68. The van der Waals surface area contributed by atoms with Gasteiger partial charge < -0.3 is 4.90 Å². The minimum atomic E-state index is -3.52. The van der Waals surface area contributed by atoms with E-state index in [1.807, 2.05) is 0 Å². The van der Waals surface area contributed by atoms with Crippen LogP contribution in [0.15, 0.2) is 29.2 Å². The van der Waals surface area contributed by atoms with Crippen LogP contribution in [0.1, 0.15) is 45.4 Å². The lowest BCUT2D eigenvalue weighted by Crippen LogP contribution is -2.49. The third-order valence-corrected chi connectivity index (χ3v) is 7.80. The van der Waals surface area contributed by atoms with Crippen LogP contribution in [0.25, 0.3) is 0 Å². The Morgan fingerprint density at radius 3 is 2.35 bits per heavy atom. The van der Waals surface area contributed by atoms with Gasteiger partial charge in [0.25, 0.3) is 0 Å². The van der Waals surface area contributed by atoms with E-state index in [0.29, 0.717) is 37.0 Å². The first-order valence-corrected chi connectivity index (χ1v) is 11.3. The summed E-state index contributed by atoms with van der Waals surface area (Å²) < 4.78 is 27.0. The molecule has 3 rings (SSSR count). The molecule has 2 heterocycles. The lowest BCUT2D eigenvalue weighted by molar-refractivity contribution is -0.140. The van der Waals surface area contributed by atoms with Crippen LogP contribution in [0, 0.1) is 5.92 Å². The van der Waals surface area contributed by atoms with Gasteiger partial charge in [0.15, 0.2) is 0 Å². The Labute approximate surface area is 161 Å². The zero-order valence-electron chi connectivity index (χ0n) is 15.2. The Bertz CT molecular complexity index is 728. The summed E-state index contributed by atoms with van der Waals surface area (Å²) in [5.41, 5.74) is 0. The number of piperidine rings is 2. The standard InChI is InChI=1S/C19H27ClN2O3S/c1-2-17-5-3-4-12-22(17)19(23)15-10-13-21(14-11-15)26(24,25)18-8-6-16(20)7-9-18/h6-9,15,17H,2-5,10-14H2,1H3. The molecule has 1 aromatic rings. The Balaban J connectivity index is 1.63. The molecule has 0 aromatic heterocycles. The topological polar surface area (TPSA) is 57.7 Å². The summed E-state index contributed by atoms with van der Waals surface area (Å²) in [6.07, 6.45) is 5.55. The van der Waals surface area contributed by atoms with Gasteiger partial charge in [-0.05, 0) is 62.8 Å². The summed E-state index contributed by atoms with van der Waals surface area (Å²) in [6, 6.07) is 6.60. The summed E-state index contributed by atoms with van der Waals surface area (Å²) >= 11 is 5.85. The first-order valence-electron chi connectivity index (χ1n) is 9.49. The molecule has 1 aromatic carbocycles. The minimum Gasteiger partial charge on any atom is -0.339 e. The molecule has 0 spiro atoms. The zero-order chi connectivity index (χ0) is 18.7. The van der Waals surface area contributed by atoms with Gasteiger partial charge in [-0.2, -0.15) is 4.31 Å². The van der Waals surface area contributed by atoms with Gasteiger partial charge in [-0.25, -0.2) is 8.42 Å². The van der Waals surface area contributed by atoms with Crippen LogP contribution in [0.5, 0.6) is 0 Å². The molecule has 2 fully saturated rings. The fraction of sp³-hybridized carbons (Fsp3) is 0.632. The molecule has 2 aliphatic rings. The number of benzene rings is 1. The van der Waals surface area contributed by atoms with Crippen molar-refractivity contribution in [1.29, 1.82) is 0 Å². The van der Waals surface area contributed by atoms with Crippen molar-refractivity contribution in [3.05, 3.63) is 29.3 Å². The van der Waals surface area contributed by atoms with Gasteiger partial charge in [0.2, 0.25) is 15.9 Å². The summed E-state index contributed by atoms with van der Waals surface area (Å²) in [5, 5.41) is 0.514. The fourth-order valence-corrected chi connectivity index (χ4v) is 5.64. The van der Waals surface area contributed by atoms with Crippen LogP contribution in [-0.4, -0.2) is 49.2 Å². The molecular weight excluding hydrogens is 372 g/mol. The number of halogens is 1. The molecule has 5 nitrogen and oxygen atoms in total. The number of nitrogens with zero attached hydrogens (tertiary/aromatic N) is 2. The molecule has 7 heteroatoms. The third-order valence-electron chi connectivity index (χ3n) is 5.64. The van der Waals surface area contributed by atoms with E-state index in [0.717, 1.165) is 25.8 Å². The maximum Gasteiger partial charge on any atom is 0.243 e. The van der Waals surface area contributed by atoms with Crippen molar-refractivity contribution >= 4 is 27.5 Å². The van der Waals surface area contributed by atoms with Crippen LogP contribution in [0.4, 0.5) is 0 Å². The first kappa shape index (κ1) is 19.6. The molecule has 1 amide bonds. The second-order valence-electron chi connectivity index (χ2n) is 7.22. The van der Waals surface area contributed by atoms with Crippen LogP contribution >= 0.6 is 11.6 Å². The fourth-order valence-electron chi connectivity index (χ4n) is 4.05. The van der Waals surface area contributed by atoms with Gasteiger partial charge in [0.1, 0.15) is 0 Å². The zero-order valence-corrected chi connectivity index (χ0v) is 16.8. The van der Waals surface area contributed by atoms with E-state index in [1.54, 1.807) is 12.1 Å². The van der Waals surface area contributed by atoms with Crippen LogP contribution in [0.3, 0.4) is 0 Å². The molecule has 2 saturated heterocycles. The van der Waals surface area contributed by atoms with Crippen molar-refractivity contribution < 1.29 is 13.2 Å². The molecule has 1 atom stereocenters. The summed E-state index contributed by atoms with van der Waals surface area (Å²) in [5.74, 6) is 0.166. The monoisotopic (exact) mass is 398 g/mol. The minimum absolute atomic E-state index is 0.0567. The number of sulfonamides is 1. The molecule has 0 bridgehead atoms. The van der Waals surface area contributed by atoms with Crippen LogP contribution in [-0.2, 0) is 14.8 Å². The van der Waals surface area contributed by atoms with Crippen LogP contribution < -0.4 is 0 Å². The molecule has 0 aliphatic carbocycles. The molecule has 0 radical (unpaired) electrons. The Morgan fingerprint density at radius 2 is 1.73 bits per heavy atom. The molecule has 0 saturated carbocycles. The number of amides is 1. The van der Waals surface area contributed by atoms with Gasteiger partial charge in [0.05, 0.1) is 4.90 Å². The van der Waals surface area contributed by atoms with Gasteiger partial charge in [-0.3, -0.25) is 4.79 Å². The maximum absolute atomic E-state index is 12.9. The Kier molecular flexibility index (Phi) is 6.25. The highest BCUT2D eigenvalue weighted by Crippen LogP contribution is 2.28. The van der Waals surface area contributed by atoms with Crippen molar-refractivity contribution in [1.82, 2.24) is 9.21 Å². The lowest BCUT2D eigenvalue weighted by Gasteiger charge is -2.39. The average molecular weight is 399 g/mol. The number of carbonyl (C=O) groups excluding carboxylic acids is 1. The highest BCUT2D eigenvalue weighted by Gasteiger charge is 2.35. The van der Waals surface area contributed by atoms with Crippen LogP contribution in [0.2, 0.25) is 5.02 Å². The van der Waals surface area contributed by atoms with E-state index in [9.17, 15) is 13.2 Å². The lowest BCUT2D eigenvalue weighted by atomic mass is 9.92.